The van der Waals surface area contributed by atoms with Gasteiger partial charge in [-0.25, -0.2) is 9.59 Å². The predicted molar refractivity (Wildman–Crippen MR) is 96.6 cm³/mol. The Hall–Kier alpha value is -1.10. The number of hydrogen-bond acceptors (Lipinski definition) is 9. The largest absolute Gasteiger partial charge is 0.389 e. The minimum absolute atomic E-state index is 0.122. The van der Waals surface area contributed by atoms with Gasteiger partial charge in [-0.05, 0) is 27.7 Å². The van der Waals surface area contributed by atoms with Gasteiger partial charge in [0, 0.05) is 40.6 Å². The number of hydrogen-bond donors (Lipinski definition) is 0. The summed E-state index contributed by atoms with van der Waals surface area (Å²) in [5.41, 5.74) is -3.14. The molecule has 0 saturated carbocycles. The van der Waals surface area contributed by atoms with Crippen molar-refractivity contribution in [3.05, 3.63) is 0 Å². The molecule has 9 nitrogen and oxygen atoms in total. The topological polar surface area (TPSA) is 98.8 Å². The van der Waals surface area contributed by atoms with Crippen LogP contribution in [0.4, 0.5) is 0 Å². The molecule has 0 unspecified atom stereocenters. The zero-order chi connectivity index (χ0) is 20.8. The Morgan fingerprint density at radius 3 is 1.04 bits per heavy atom. The van der Waals surface area contributed by atoms with Gasteiger partial charge in [0.2, 0.25) is 11.2 Å². The van der Waals surface area contributed by atoms with Crippen LogP contribution >= 0.6 is 0 Å². The van der Waals surface area contributed by atoms with Crippen LogP contribution in [-0.2, 0) is 42.7 Å². The SMILES string of the molecule is CCOCC(COCC)(OC)C(=O)OC(=O)C(COCC)(COCC)OC. The van der Waals surface area contributed by atoms with E-state index in [-0.39, 0.29) is 26.4 Å². The first-order chi connectivity index (χ1) is 12.9. The van der Waals surface area contributed by atoms with Gasteiger partial charge in [0.1, 0.15) is 0 Å². The van der Waals surface area contributed by atoms with Crippen molar-refractivity contribution in [1.29, 1.82) is 0 Å². The van der Waals surface area contributed by atoms with Crippen molar-refractivity contribution < 1.29 is 42.7 Å². The normalized spacial score (nSPS) is 12.2. The van der Waals surface area contributed by atoms with E-state index in [1.165, 1.54) is 14.2 Å². The van der Waals surface area contributed by atoms with Crippen molar-refractivity contribution in [1.82, 2.24) is 0 Å². The fraction of sp³-hybridized carbons (Fsp3) is 0.889. The zero-order valence-corrected chi connectivity index (χ0v) is 17.3. The molecule has 0 saturated heterocycles. The van der Waals surface area contributed by atoms with E-state index in [2.05, 4.69) is 0 Å². The molecule has 0 amide bonds. The molecule has 0 radical (unpaired) electrons. The smallest absolute Gasteiger partial charge is 0.351 e. The summed E-state index contributed by atoms with van der Waals surface area (Å²) in [6, 6.07) is 0. The number of carbonyl (C=O) groups is 2. The van der Waals surface area contributed by atoms with Crippen LogP contribution in [0.3, 0.4) is 0 Å². The molecule has 0 fully saturated rings. The predicted octanol–water partition coefficient (Wildman–Crippen LogP) is 0.973. The summed E-state index contributed by atoms with van der Waals surface area (Å²) in [6.45, 7) is 8.04. The Kier molecular flexibility index (Phi) is 13.4. The Bertz CT molecular complexity index is 371. The molecule has 0 aromatic carbocycles. The van der Waals surface area contributed by atoms with E-state index < -0.39 is 23.1 Å². The molecule has 0 aliphatic carbocycles. The molecule has 0 spiro atoms. The zero-order valence-electron chi connectivity index (χ0n) is 17.3. The molecule has 160 valence electrons. The Morgan fingerprint density at radius 2 is 0.852 bits per heavy atom. The van der Waals surface area contributed by atoms with Crippen molar-refractivity contribution in [3.8, 4) is 0 Å². The average molecular weight is 394 g/mol. The summed E-state index contributed by atoms with van der Waals surface area (Å²) in [7, 11) is 2.65. The van der Waals surface area contributed by atoms with Gasteiger partial charge < -0.3 is 33.2 Å². The van der Waals surface area contributed by atoms with E-state index in [4.69, 9.17) is 33.2 Å². The second kappa shape index (κ2) is 14.0. The number of methoxy groups -OCH3 is 2. The molecule has 0 atom stereocenters. The van der Waals surface area contributed by atoms with Crippen LogP contribution in [0.1, 0.15) is 27.7 Å². The summed E-state index contributed by atoms with van der Waals surface area (Å²) in [5.74, 6) is -1.85. The lowest BCUT2D eigenvalue weighted by Crippen LogP contribution is -2.56. The van der Waals surface area contributed by atoms with Crippen molar-refractivity contribution >= 4 is 11.9 Å². The van der Waals surface area contributed by atoms with Crippen LogP contribution in [0.25, 0.3) is 0 Å². The van der Waals surface area contributed by atoms with Crippen molar-refractivity contribution in [3.63, 3.8) is 0 Å². The third-order valence-corrected chi connectivity index (χ3v) is 3.87. The van der Waals surface area contributed by atoms with Crippen molar-refractivity contribution in [2.75, 3.05) is 67.1 Å². The van der Waals surface area contributed by atoms with Crippen LogP contribution in [0.2, 0.25) is 0 Å². The average Bonchev–Trinajstić information content (AvgIpc) is 2.69. The standard InChI is InChI=1S/C18H34O9/c1-7-23-11-17(21-5,12-24-8-2)15(19)27-16(20)18(22-6,13-25-9-3)14-26-10-4/h7-14H2,1-6H3. The van der Waals surface area contributed by atoms with Gasteiger partial charge in [-0.1, -0.05) is 0 Å². The molecule has 0 bridgehead atoms. The molecular formula is C18H34O9. The van der Waals surface area contributed by atoms with Crippen LogP contribution in [0, 0.1) is 0 Å². The van der Waals surface area contributed by atoms with Crippen LogP contribution in [0.15, 0.2) is 0 Å². The summed E-state index contributed by atoms with van der Waals surface area (Å²) < 4.78 is 37.1. The Morgan fingerprint density at radius 1 is 0.593 bits per heavy atom. The van der Waals surface area contributed by atoms with Crippen LogP contribution < -0.4 is 0 Å². The van der Waals surface area contributed by atoms with Gasteiger partial charge in [-0.3, -0.25) is 0 Å². The minimum atomic E-state index is -1.57. The van der Waals surface area contributed by atoms with E-state index in [9.17, 15) is 9.59 Å². The van der Waals surface area contributed by atoms with Crippen LogP contribution in [0.5, 0.6) is 0 Å². The second-order valence-corrected chi connectivity index (χ2v) is 5.62. The third-order valence-electron chi connectivity index (χ3n) is 3.87. The third kappa shape index (κ3) is 7.81. The highest BCUT2D eigenvalue weighted by Gasteiger charge is 2.48. The van der Waals surface area contributed by atoms with E-state index in [1.54, 1.807) is 27.7 Å². The summed E-state index contributed by atoms with van der Waals surface area (Å²) >= 11 is 0. The van der Waals surface area contributed by atoms with Gasteiger partial charge in [-0.2, -0.15) is 0 Å². The first-order valence-corrected chi connectivity index (χ1v) is 9.09. The van der Waals surface area contributed by atoms with Gasteiger partial charge in [0.25, 0.3) is 0 Å². The highest BCUT2D eigenvalue weighted by molar-refractivity contribution is 5.94. The highest BCUT2D eigenvalue weighted by atomic mass is 16.7. The number of esters is 2. The molecule has 0 aliphatic heterocycles. The summed E-state index contributed by atoms with van der Waals surface area (Å²) in [6.07, 6.45) is 0. The van der Waals surface area contributed by atoms with Crippen LogP contribution in [-0.4, -0.2) is 90.2 Å². The molecule has 0 aromatic heterocycles. The summed E-state index contributed by atoms with van der Waals surface area (Å²) in [4.78, 5) is 25.5. The summed E-state index contributed by atoms with van der Waals surface area (Å²) in [5, 5.41) is 0. The molecular weight excluding hydrogens is 360 g/mol. The maximum atomic E-state index is 12.8. The molecule has 0 heterocycles. The quantitative estimate of drug-likeness (QED) is 0.280. The monoisotopic (exact) mass is 394 g/mol. The molecule has 9 heteroatoms. The maximum absolute atomic E-state index is 12.8. The molecule has 0 aromatic rings. The van der Waals surface area contributed by atoms with E-state index in [1.807, 2.05) is 0 Å². The number of carbonyl (C=O) groups excluding carboxylic acids is 2. The highest BCUT2D eigenvalue weighted by Crippen LogP contribution is 2.20. The van der Waals surface area contributed by atoms with E-state index >= 15 is 0 Å². The first-order valence-electron chi connectivity index (χ1n) is 9.09. The first kappa shape index (κ1) is 25.9. The Balaban J connectivity index is 5.45. The van der Waals surface area contributed by atoms with Gasteiger partial charge in [-0.15, -0.1) is 0 Å². The lowest BCUT2D eigenvalue weighted by molar-refractivity contribution is -0.205. The number of rotatable bonds is 16. The molecule has 27 heavy (non-hydrogen) atoms. The molecule has 0 aliphatic rings. The maximum Gasteiger partial charge on any atom is 0.351 e. The van der Waals surface area contributed by atoms with Gasteiger partial charge in [0.15, 0.2) is 0 Å². The van der Waals surface area contributed by atoms with E-state index in [0.29, 0.717) is 26.4 Å². The fourth-order valence-electron chi connectivity index (χ4n) is 2.06. The Labute approximate surface area is 161 Å². The van der Waals surface area contributed by atoms with E-state index in [0.717, 1.165) is 0 Å². The fourth-order valence-corrected chi connectivity index (χ4v) is 2.06. The lowest BCUT2D eigenvalue weighted by atomic mass is 10.1. The van der Waals surface area contributed by atoms with Gasteiger partial charge in [0.05, 0.1) is 26.4 Å². The van der Waals surface area contributed by atoms with Crippen molar-refractivity contribution in [2.24, 2.45) is 0 Å². The second-order valence-electron chi connectivity index (χ2n) is 5.62. The lowest BCUT2D eigenvalue weighted by Gasteiger charge is -2.32. The minimum Gasteiger partial charge on any atom is -0.389 e. The number of ether oxygens (including phenoxy) is 7. The molecule has 0 N–H and O–H groups in total. The molecule has 0 rings (SSSR count). The van der Waals surface area contributed by atoms with Crippen molar-refractivity contribution in [2.45, 2.75) is 38.9 Å². The van der Waals surface area contributed by atoms with Gasteiger partial charge >= 0.3 is 11.9 Å².